The number of tetrazole rings is 1. The molecule has 0 aliphatic heterocycles. The summed E-state index contributed by atoms with van der Waals surface area (Å²) in [5.74, 6) is 2.16. The Morgan fingerprint density at radius 1 is 1.24 bits per heavy atom. The Hall–Kier alpha value is -0.970. The molecule has 96 valence electrons. The second-order valence-corrected chi connectivity index (χ2v) is 5.53. The standard InChI is InChI=1S/C12H23N5/c1-8(2)10-6-4-5-7-11(10)17-12(9(3)13)14-15-16-17/h8-11H,4-7,13H2,1-3H3. The van der Waals surface area contributed by atoms with Crippen molar-refractivity contribution >= 4 is 0 Å². The summed E-state index contributed by atoms with van der Waals surface area (Å²) in [6, 6.07) is 0.333. The second kappa shape index (κ2) is 5.12. The number of rotatable bonds is 3. The summed E-state index contributed by atoms with van der Waals surface area (Å²) < 4.78 is 1.98. The predicted octanol–water partition coefficient (Wildman–Crippen LogP) is 2.08. The fourth-order valence-electron chi connectivity index (χ4n) is 2.96. The maximum atomic E-state index is 5.92. The van der Waals surface area contributed by atoms with Crippen molar-refractivity contribution in [2.24, 2.45) is 17.6 Å². The Balaban J connectivity index is 2.26. The molecule has 1 fully saturated rings. The lowest BCUT2D eigenvalue weighted by Crippen LogP contribution is -2.30. The maximum Gasteiger partial charge on any atom is 0.167 e. The van der Waals surface area contributed by atoms with Gasteiger partial charge in [0.2, 0.25) is 0 Å². The summed E-state index contributed by atoms with van der Waals surface area (Å²) in [7, 11) is 0. The van der Waals surface area contributed by atoms with Crippen LogP contribution in [-0.4, -0.2) is 20.2 Å². The van der Waals surface area contributed by atoms with Gasteiger partial charge in [-0.2, -0.15) is 0 Å². The minimum atomic E-state index is -0.0975. The zero-order valence-corrected chi connectivity index (χ0v) is 11.0. The molecule has 1 saturated carbocycles. The Kier molecular flexibility index (Phi) is 3.76. The minimum Gasteiger partial charge on any atom is -0.322 e. The Bertz CT molecular complexity index is 358. The second-order valence-electron chi connectivity index (χ2n) is 5.53. The summed E-state index contributed by atoms with van der Waals surface area (Å²) in [6.45, 7) is 6.52. The summed E-state index contributed by atoms with van der Waals surface area (Å²) in [5.41, 5.74) is 5.92. The molecule has 0 bridgehead atoms. The van der Waals surface area contributed by atoms with E-state index < -0.39 is 0 Å². The topological polar surface area (TPSA) is 69.6 Å². The summed E-state index contributed by atoms with van der Waals surface area (Å²) >= 11 is 0. The first-order valence-corrected chi connectivity index (χ1v) is 6.64. The molecule has 0 amide bonds. The van der Waals surface area contributed by atoms with Crippen LogP contribution in [0.5, 0.6) is 0 Å². The Labute approximate surface area is 103 Å². The molecule has 5 heteroatoms. The number of aromatic nitrogens is 4. The quantitative estimate of drug-likeness (QED) is 0.873. The maximum absolute atomic E-state index is 5.92. The average Bonchev–Trinajstić information content (AvgIpc) is 2.77. The van der Waals surface area contributed by atoms with Crippen LogP contribution in [0.2, 0.25) is 0 Å². The van der Waals surface area contributed by atoms with Crippen molar-refractivity contribution in [2.75, 3.05) is 0 Å². The number of nitrogens with two attached hydrogens (primary N) is 1. The Morgan fingerprint density at radius 3 is 2.59 bits per heavy atom. The molecule has 1 aliphatic carbocycles. The highest BCUT2D eigenvalue weighted by Crippen LogP contribution is 2.38. The van der Waals surface area contributed by atoms with E-state index in [4.69, 9.17) is 5.73 Å². The van der Waals surface area contributed by atoms with Gasteiger partial charge in [-0.3, -0.25) is 0 Å². The monoisotopic (exact) mass is 237 g/mol. The van der Waals surface area contributed by atoms with Crippen molar-refractivity contribution in [3.05, 3.63) is 5.82 Å². The molecule has 0 saturated heterocycles. The molecular weight excluding hydrogens is 214 g/mol. The highest BCUT2D eigenvalue weighted by atomic mass is 15.6. The van der Waals surface area contributed by atoms with Crippen molar-refractivity contribution in [2.45, 2.75) is 58.5 Å². The van der Waals surface area contributed by atoms with Gasteiger partial charge in [0.25, 0.3) is 0 Å². The van der Waals surface area contributed by atoms with Crippen LogP contribution in [0.3, 0.4) is 0 Å². The third-order valence-electron chi connectivity index (χ3n) is 3.88. The van der Waals surface area contributed by atoms with Gasteiger partial charge in [-0.25, -0.2) is 4.68 Å². The van der Waals surface area contributed by atoms with E-state index in [-0.39, 0.29) is 6.04 Å². The van der Waals surface area contributed by atoms with Crippen LogP contribution in [0.25, 0.3) is 0 Å². The molecule has 3 unspecified atom stereocenters. The van der Waals surface area contributed by atoms with Crippen molar-refractivity contribution in [1.29, 1.82) is 0 Å². The molecule has 17 heavy (non-hydrogen) atoms. The molecule has 5 nitrogen and oxygen atoms in total. The Morgan fingerprint density at radius 2 is 1.94 bits per heavy atom. The van der Waals surface area contributed by atoms with Crippen LogP contribution in [0.4, 0.5) is 0 Å². The molecule has 0 spiro atoms. The van der Waals surface area contributed by atoms with E-state index in [1.807, 2.05) is 11.6 Å². The minimum absolute atomic E-state index is 0.0975. The molecule has 1 heterocycles. The van der Waals surface area contributed by atoms with Gasteiger partial charge in [0, 0.05) is 0 Å². The van der Waals surface area contributed by atoms with E-state index in [1.54, 1.807) is 0 Å². The largest absolute Gasteiger partial charge is 0.322 e. The van der Waals surface area contributed by atoms with Gasteiger partial charge in [0.1, 0.15) is 0 Å². The van der Waals surface area contributed by atoms with Crippen LogP contribution < -0.4 is 5.73 Å². The van der Waals surface area contributed by atoms with Gasteiger partial charge >= 0.3 is 0 Å². The van der Waals surface area contributed by atoms with Crippen molar-refractivity contribution in [3.8, 4) is 0 Å². The van der Waals surface area contributed by atoms with E-state index in [0.717, 1.165) is 5.82 Å². The molecule has 1 aromatic heterocycles. The fourth-order valence-corrected chi connectivity index (χ4v) is 2.96. The van der Waals surface area contributed by atoms with Crippen LogP contribution in [0.1, 0.15) is 64.4 Å². The molecule has 3 atom stereocenters. The third kappa shape index (κ3) is 2.49. The summed E-state index contributed by atoms with van der Waals surface area (Å²) in [5, 5.41) is 12.0. The highest BCUT2D eigenvalue weighted by molar-refractivity contribution is 4.93. The van der Waals surface area contributed by atoms with Gasteiger partial charge < -0.3 is 5.73 Å². The number of nitrogens with zero attached hydrogens (tertiary/aromatic N) is 4. The molecule has 2 rings (SSSR count). The average molecular weight is 237 g/mol. The SMILES string of the molecule is CC(N)c1nnnn1C1CCCCC1C(C)C. The van der Waals surface area contributed by atoms with Gasteiger partial charge in [0.05, 0.1) is 12.1 Å². The number of hydrogen-bond acceptors (Lipinski definition) is 4. The lowest BCUT2D eigenvalue weighted by Gasteiger charge is -2.34. The predicted molar refractivity (Wildman–Crippen MR) is 66.3 cm³/mol. The van der Waals surface area contributed by atoms with Gasteiger partial charge in [-0.1, -0.05) is 26.7 Å². The highest BCUT2D eigenvalue weighted by Gasteiger charge is 2.31. The number of hydrogen-bond donors (Lipinski definition) is 1. The first-order chi connectivity index (χ1) is 8.11. The molecule has 0 aromatic carbocycles. The summed E-state index contributed by atoms with van der Waals surface area (Å²) in [4.78, 5) is 0. The molecule has 1 aliphatic rings. The lowest BCUT2D eigenvalue weighted by molar-refractivity contribution is 0.166. The van der Waals surface area contributed by atoms with E-state index in [1.165, 1.54) is 25.7 Å². The van der Waals surface area contributed by atoms with Crippen molar-refractivity contribution < 1.29 is 0 Å². The van der Waals surface area contributed by atoms with Gasteiger partial charge in [-0.15, -0.1) is 5.10 Å². The normalized spacial score (nSPS) is 27.4. The van der Waals surface area contributed by atoms with Crippen LogP contribution in [0.15, 0.2) is 0 Å². The zero-order valence-electron chi connectivity index (χ0n) is 11.0. The van der Waals surface area contributed by atoms with Gasteiger partial charge in [-0.05, 0) is 42.0 Å². The van der Waals surface area contributed by atoms with Crippen LogP contribution >= 0.6 is 0 Å². The van der Waals surface area contributed by atoms with E-state index in [0.29, 0.717) is 17.9 Å². The smallest absolute Gasteiger partial charge is 0.167 e. The van der Waals surface area contributed by atoms with E-state index in [9.17, 15) is 0 Å². The third-order valence-corrected chi connectivity index (χ3v) is 3.88. The molecular formula is C12H23N5. The molecule has 0 radical (unpaired) electrons. The first kappa shape index (κ1) is 12.5. The molecule has 1 aromatic rings. The fraction of sp³-hybridized carbons (Fsp3) is 0.917. The van der Waals surface area contributed by atoms with Crippen molar-refractivity contribution in [3.63, 3.8) is 0 Å². The first-order valence-electron chi connectivity index (χ1n) is 6.64. The van der Waals surface area contributed by atoms with E-state index >= 15 is 0 Å². The van der Waals surface area contributed by atoms with Gasteiger partial charge in [0.15, 0.2) is 5.82 Å². The van der Waals surface area contributed by atoms with Crippen LogP contribution in [-0.2, 0) is 0 Å². The van der Waals surface area contributed by atoms with Crippen molar-refractivity contribution in [1.82, 2.24) is 20.2 Å². The van der Waals surface area contributed by atoms with E-state index in [2.05, 4.69) is 29.4 Å². The van der Waals surface area contributed by atoms with Crippen LogP contribution in [0, 0.1) is 11.8 Å². The zero-order chi connectivity index (χ0) is 12.4. The lowest BCUT2D eigenvalue weighted by atomic mass is 9.78. The molecule has 2 N–H and O–H groups in total. The summed E-state index contributed by atoms with van der Waals surface area (Å²) in [6.07, 6.45) is 5.05.